The summed E-state index contributed by atoms with van der Waals surface area (Å²) in [6.45, 7) is 8.97. The third kappa shape index (κ3) is 5.51. The number of carbonyl (C=O) groups is 1. The van der Waals surface area contributed by atoms with Gasteiger partial charge in [0, 0.05) is 45.3 Å². The normalized spacial score (nSPS) is 22.7. The highest BCUT2D eigenvalue weighted by Gasteiger charge is 2.27. The van der Waals surface area contributed by atoms with E-state index >= 15 is 0 Å². The Balaban J connectivity index is 1.53. The van der Waals surface area contributed by atoms with Crippen LogP contribution in [0.2, 0.25) is 0 Å². The lowest BCUT2D eigenvalue weighted by atomic mass is 10.0. The number of aromatic nitrogens is 1. The summed E-state index contributed by atoms with van der Waals surface area (Å²) in [5.74, 6) is 0.224. The van der Waals surface area contributed by atoms with Crippen molar-refractivity contribution in [2.24, 2.45) is 0 Å². The molecule has 25 heavy (non-hydrogen) atoms. The predicted molar refractivity (Wildman–Crippen MR) is 100 cm³/mol. The van der Waals surface area contributed by atoms with Crippen LogP contribution in [0, 0.1) is 0 Å². The van der Waals surface area contributed by atoms with Gasteiger partial charge in [-0.25, -0.2) is 0 Å². The maximum absolute atomic E-state index is 12.3. The molecule has 0 aliphatic carbocycles. The summed E-state index contributed by atoms with van der Waals surface area (Å²) in [4.78, 5) is 23.8. The zero-order chi connectivity index (χ0) is 17.5. The van der Waals surface area contributed by atoms with Gasteiger partial charge in [-0.15, -0.1) is 0 Å². The SMILES string of the molecule is CC(=O)N(CCN1CCCCC1)C1CCCN(Cc2ccccn2)C1. The van der Waals surface area contributed by atoms with Crippen molar-refractivity contribution in [3.8, 4) is 0 Å². The van der Waals surface area contributed by atoms with Crippen molar-refractivity contribution in [2.45, 2.75) is 51.6 Å². The monoisotopic (exact) mass is 344 g/mol. The van der Waals surface area contributed by atoms with E-state index in [-0.39, 0.29) is 5.91 Å². The highest BCUT2D eigenvalue weighted by molar-refractivity contribution is 5.73. The number of piperidine rings is 2. The highest BCUT2D eigenvalue weighted by Crippen LogP contribution is 2.18. The van der Waals surface area contributed by atoms with Crippen molar-refractivity contribution in [3.63, 3.8) is 0 Å². The summed E-state index contributed by atoms with van der Waals surface area (Å²) < 4.78 is 0. The summed E-state index contributed by atoms with van der Waals surface area (Å²) in [5.41, 5.74) is 1.12. The van der Waals surface area contributed by atoms with Gasteiger partial charge in [0.1, 0.15) is 0 Å². The third-order valence-electron chi connectivity index (χ3n) is 5.54. The molecule has 2 saturated heterocycles. The minimum absolute atomic E-state index is 0.224. The topological polar surface area (TPSA) is 39.7 Å². The smallest absolute Gasteiger partial charge is 0.219 e. The van der Waals surface area contributed by atoms with Crippen LogP contribution < -0.4 is 0 Å². The van der Waals surface area contributed by atoms with Gasteiger partial charge >= 0.3 is 0 Å². The molecule has 2 aliphatic rings. The van der Waals surface area contributed by atoms with Gasteiger partial charge in [-0.05, 0) is 57.5 Å². The van der Waals surface area contributed by atoms with Crippen LogP contribution in [-0.4, -0.2) is 70.9 Å². The van der Waals surface area contributed by atoms with Crippen molar-refractivity contribution >= 4 is 5.91 Å². The minimum Gasteiger partial charge on any atom is -0.337 e. The van der Waals surface area contributed by atoms with Gasteiger partial charge in [-0.2, -0.15) is 0 Å². The Morgan fingerprint density at radius 2 is 1.96 bits per heavy atom. The molecule has 1 aromatic rings. The van der Waals surface area contributed by atoms with E-state index in [1.165, 1.54) is 32.4 Å². The Bertz CT molecular complexity index is 530. The average Bonchev–Trinajstić information content (AvgIpc) is 2.64. The maximum atomic E-state index is 12.3. The van der Waals surface area contributed by atoms with Gasteiger partial charge in [0.2, 0.25) is 5.91 Å². The second-order valence-electron chi connectivity index (χ2n) is 7.47. The summed E-state index contributed by atoms with van der Waals surface area (Å²) in [6.07, 6.45) is 8.11. The summed E-state index contributed by atoms with van der Waals surface area (Å²) in [6, 6.07) is 6.44. The first-order valence-electron chi connectivity index (χ1n) is 9.84. The second-order valence-corrected chi connectivity index (χ2v) is 7.47. The van der Waals surface area contributed by atoms with Crippen molar-refractivity contribution in [2.75, 3.05) is 39.3 Å². The van der Waals surface area contributed by atoms with Crippen LogP contribution in [0.5, 0.6) is 0 Å². The van der Waals surface area contributed by atoms with Crippen molar-refractivity contribution in [1.29, 1.82) is 0 Å². The number of pyridine rings is 1. The number of hydrogen-bond acceptors (Lipinski definition) is 4. The molecule has 0 N–H and O–H groups in total. The van der Waals surface area contributed by atoms with Crippen LogP contribution in [0.1, 0.15) is 44.7 Å². The lowest BCUT2D eigenvalue weighted by Gasteiger charge is -2.40. The first-order valence-corrected chi connectivity index (χ1v) is 9.84. The zero-order valence-electron chi connectivity index (χ0n) is 15.6. The lowest BCUT2D eigenvalue weighted by Crippen LogP contribution is -2.51. The first-order chi connectivity index (χ1) is 12.2. The van der Waals surface area contributed by atoms with E-state index in [2.05, 4.69) is 25.8 Å². The van der Waals surface area contributed by atoms with E-state index in [9.17, 15) is 4.79 Å². The molecule has 3 heterocycles. The molecule has 3 rings (SSSR count). The molecule has 5 heteroatoms. The summed E-state index contributed by atoms with van der Waals surface area (Å²) >= 11 is 0. The molecule has 0 saturated carbocycles. The van der Waals surface area contributed by atoms with Gasteiger partial charge in [0.15, 0.2) is 0 Å². The number of likely N-dealkylation sites (tertiary alicyclic amines) is 2. The Morgan fingerprint density at radius 1 is 1.16 bits per heavy atom. The number of hydrogen-bond donors (Lipinski definition) is 0. The molecule has 0 bridgehead atoms. The van der Waals surface area contributed by atoms with Crippen LogP contribution in [0.4, 0.5) is 0 Å². The maximum Gasteiger partial charge on any atom is 0.219 e. The molecular formula is C20H32N4O. The molecule has 2 fully saturated rings. The summed E-state index contributed by atoms with van der Waals surface area (Å²) in [7, 11) is 0. The number of carbonyl (C=O) groups excluding carboxylic acids is 1. The van der Waals surface area contributed by atoms with Gasteiger partial charge in [-0.1, -0.05) is 12.5 Å². The van der Waals surface area contributed by atoms with E-state index in [1.54, 1.807) is 6.92 Å². The zero-order valence-corrected chi connectivity index (χ0v) is 15.6. The van der Waals surface area contributed by atoms with E-state index in [4.69, 9.17) is 0 Å². The summed E-state index contributed by atoms with van der Waals surface area (Å²) in [5, 5.41) is 0. The minimum atomic E-state index is 0.224. The fraction of sp³-hybridized carbons (Fsp3) is 0.700. The van der Waals surface area contributed by atoms with E-state index in [0.717, 1.165) is 51.3 Å². The molecule has 0 aromatic carbocycles. The Hall–Kier alpha value is -1.46. The van der Waals surface area contributed by atoms with Gasteiger partial charge in [-0.3, -0.25) is 14.7 Å². The number of nitrogens with zero attached hydrogens (tertiary/aromatic N) is 4. The molecule has 1 aromatic heterocycles. The van der Waals surface area contributed by atoms with Gasteiger partial charge < -0.3 is 9.80 Å². The van der Waals surface area contributed by atoms with Crippen LogP contribution >= 0.6 is 0 Å². The quantitative estimate of drug-likeness (QED) is 0.794. The van der Waals surface area contributed by atoms with Crippen molar-refractivity contribution in [3.05, 3.63) is 30.1 Å². The molecule has 138 valence electrons. The Morgan fingerprint density at radius 3 is 2.68 bits per heavy atom. The highest BCUT2D eigenvalue weighted by atomic mass is 16.2. The molecule has 0 radical (unpaired) electrons. The van der Waals surface area contributed by atoms with Gasteiger partial charge in [0.05, 0.1) is 5.69 Å². The predicted octanol–water partition coefficient (Wildman–Crippen LogP) is 2.38. The van der Waals surface area contributed by atoms with E-state index < -0.39 is 0 Å². The largest absolute Gasteiger partial charge is 0.337 e. The molecule has 1 unspecified atom stereocenters. The van der Waals surface area contributed by atoms with Crippen LogP contribution in [-0.2, 0) is 11.3 Å². The van der Waals surface area contributed by atoms with E-state index in [1.807, 2.05) is 18.3 Å². The number of rotatable bonds is 6. The van der Waals surface area contributed by atoms with Crippen LogP contribution in [0.3, 0.4) is 0 Å². The van der Waals surface area contributed by atoms with Crippen molar-refractivity contribution < 1.29 is 4.79 Å². The lowest BCUT2D eigenvalue weighted by molar-refractivity contribution is -0.132. The van der Waals surface area contributed by atoms with Crippen molar-refractivity contribution in [1.82, 2.24) is 19.7 Å². The fourth-order valence-corrected chi connectivity index (χ4v) is 4.18. The molecule has 0 spiro atoms. The third-order valence-corrected chi connectivity index (χ3v) is 5.54. The first kappa shape index (κ1) is 18.3. The Kier molecular flexibility index (Phi) is 6.82. The average molecular weight is 345 g/mol. The molecule has 2 aliphatic heterocycles. The van der Waals surface area contributed by atoms with Gasteiger partial charge in [0.25, 0.3) is 0 Å². The standard InChI is InChI=1S/C20H32N4O/c1-18(25)24(15-14-22-11-5-2-6-12-22)20-9-7-13-23(17-20)16-19-8-3-4-10-21-19/h3-4,8,10,20H,2,5-7,9,11-17H2,1H3. The molecule has 5 nitrogen and oxygen atoms in total. The fourth-order valence-electron chi connectivity index (χ4n) is 4.18. The molecular weight excluding hydrogens is 312 g/mol. The van der Waals surface area contributed by atoms with E-state index in [0.29, 0.717) is 6.04 Å². The Labute approximate surface area is 152 Å². The van der Waals surface area contributed by atoms with Crippen LogP contribution in [0.15, 0.2) is 24.4 Å². The molecule has 1 atom stereocenters. The molecule has 1 amide bonds. The van der Waals surface area contributed by atoms with Crippen LogP contribution in [0.25, 0.3) is 0 Å². The number of amides is 1. The second kappa shape index (κ2) is 9.30.